The average molecular weight is 575 g/mol. The Bertz CT molecular complexity index is 1530. The van der Waals surface area contributed by atoms with Crippen molar-refractivity contribution in [3.8, 4) is 17.3 Å². The molecule has 4 aromatic rings. The van der Waals surface area contributed by atoms with Crippen LogP contribution in [0, 0.1) is 10.1 Å². The number of nitro benzene ring substituents is 1. The second-order valence-corrected chi connectivity index (χ2v) is 9.61. The van der Waals surface area contributed by atoms with Crippen molar-refractivity contribution < 1.29 is 19.2 Å². The maximum Gasteiger partial charge on any atom is 0.271 e. The number of nitrogens with zero attached hydrogens (tertiary/aromatic N) is 4. The van der Waals surface area contributed by atoms with Crippen LogP contribution >= 0.6 is 0 Å². The first-order valence-corrected chi connectivity index (χ1v) is 13.7. The van der Waals surface area contributed by atoms with Gasteiger partial charge in [-0.2, -0.15) is 5.10 Å². The van der Waals surface area contributed by atoms with Gasteiger partial charge in [-0.25, -0.2) is 4.98 Å². The van der Waals surface area contributed by atoms with E-state index in [4.69, 9.17) is 4.74 Å². The van der Waals surface area contributed by atoms with Gasteiger partial charge < -0.3 is 25.7 Å². The van der Waals surface area contributed by atoms with Gasteiger partial charge in [0, 0.05) is 38.3 Å². The highest BCUT2D eigenvalue weighted by Gasteiger charge is 2.20. The number of aromatic nitrogens is 4. The summed E-state index contributed by atoms with van der Waals surface area (Å²) in [6.45, 7) is 5.49. The Morgan fingerprint density at radius 2 is 1.71 bits per heavy atom. The summed E-state index contributed by atoms with van der Waals surface area (Å²) in [4.78, 5) is 43.4. The Morgan fingerprint density at radius 1 is 1.02 bits per heavy atom. The van der Waals surface area contributed by atoms with Crippen LogP contribution in [-0.4, -0.2) is 49.6 Å². The van der Waals surface area contributed by atoms with E-state index < -0.39 is 4.92 Å². The molecule has 2 heterocycles. The number of aromatic amines is 1. The minimum absolute atomic E-state index is 0.0269. The molecule has 220 valence electrons. The smallest absolute Gasteiger partial charge is 0.271 e. The molecule has 0 saturated carbocycles. The van der Waals surface area contributed by atoms with Gasteiger partial charge in [0.25, 0.3) is 11.6 Å². The number of aryl methyl sites for hydroxylation is 1. The summed E-state index contributed by atoms with van der Waals surface area (Å²) >= 11 is 0. The SMILES string of the molecule is CCCNC(=O)c1[nH]c(-c2cc(NC(=O)Cc3ccc(OCc4ccc([N+](=O)[O-])cc4)cc3)nn2C)nc1NCCC. The number of amides is 2. The van der Waals surface area contributed by atoms with Gasteiger partial charge in [-0.05, 0) is 48.2 Å². The fourth-order valence-electron chi connectivity index (χ4n) is 4.06. The summed E-state index contributed by atoms with van der Waals surface area (Å²) in [5.41, 5.74) is 2.57. The van der Waals surface area contributed by atoms with Crippen LogP contribution in [0.2, 0.25) is 0 Å². The highest BCUT2D eigenvalue weighted by molar-refractivity contribution is 5.98. The van der Waals surface area contributed by atoms with Crippen molar-refractivity contribution in [1.29, 1.82) is 0 Å². The Hall–Kier alpha value is -5.20. The van der Waals surface area contributed by atoms with Crippen LogP contribution in [0.5, 0.6) is 5.75 Å². The topological polar surface area (TPSA) is 169 Å². The standard InChI is InChI=1S/C29H34N8O5/c1-4-14-30-28-26(29(39)31-15-5-2)33-27(34-28)23-17-24(35-36(23)3)32-25(38)16-19-8-12-22(13-9-19)42-18-20-6-10-21(11-7-20)37(40)41/h6-13,17,30H,4-5,14-16,18H2,1-3H3,(H,31,39)(H,33,34)(H,32,35,38). The quantitative estimate of drug-likeness (QED) is 0.127. The van der Waals surface area contributed by atoms with Gasteiger partial charge in [-0.15, -0.1) is 0 Å². The fourth-order valence-corrected chi connectivity index (χ4v) is 4.06. The zero-order valence-corrected chi connectivity index (χ0v) is 23.8. The van der Waals surface area contributed by atoms with Gasteiger partial charge in [0.1, 0.15) is 23.7 Å². The molecule has 0 spiro atoms. The van der Waals surface area contributed by atoms with E-state index in [1.807, 2.05) is 13.8 Å². The van der Waals surface area contributed by atoms with Crippen LogP contribution in [-0.2, 0) is 24.9 Å². The first kappa shape index (κ1) is 29.8. The third kappa shape index (κ3) is 7.71. The predicted octanol–water partition coefficient (Wildman–Crippen LogP) is 4.44. The van der Waals surface area contributed by atoms with Crippen LogP contribution in [0.3, 0.4) is 0 Å². The van der Waals surface area contributed by atoms with E-state index in [1.54, 1.807) is 54.2 Å². The largest absolute Gasteiger partial charge is 0.489 e. The highest BCUT2D eigenvalue weighted by atomic mass is 16.6. The number of carbonyl (C=O) groups is 2. The van der Waals surface area contributed by atoms with E-state index in [2.05, 4.69) is 31.0 Å². The van der Waals surface area contributed by atoms with Crippen LogP contribution in [0.4, 0.5) is 17.3 Å². The lowest BCUT2D eigenvalue weighted by Gasteiger charge is -2.07. The van der Waals surface area contributed by atoms with Crippen molar-refractivity contribution in [2.75, 3.05) is 23.7 Å². The molecule has 4 rings (SSSR count). The van der Waals surface area contributed by atoms with E-state index in [9.17, 15) is 19.7 Å². The normalized spacial score (nSPS) is 10.7. The molecule has 42 heavy (non-hydrogen) atoms. The molecule has 0 aliphatic heterocycles. The number of carbonyl (C=O) groups excluding carboxylic acids is 2. The summed E-state index contributed by atoms with van der Waals surface area (Å²) < 4.78 is 7.34. The number of non-ortho nitro benzene ring substituents is 1. The molecule has 0 bridgehead atoms. The molecule has 2 amide bonds. The number of imidazole rings is 1. The molecule has 2 aromatic heterocycles. The number of nitro groups is 1. The van der Waals surface area contributed by atoms with Gasteiger partial charge in [-0.1, -0.05) is 26.0 Å². The van der Waals surface area contributed by atoms with E-state index in [-0.39, 0.29) is 30.5 Å². The molecule has 2 aromatic carbocycles. The van der Waals surface area contributed by atoms with Gasteiger partial charge in [0.15, 0.2) is 17.5 Å². The lowest BCUT2D eigenvalue weighted by Crippen LogP contribution is -2.25. The monoisotopic (exact) mass is 574 g/mol. The Labute approximate surface area is 242 Å². The van der Waals surface area contributed by atoms with Crippen molar-refractivity contribution >= 4 is 29.1 Å². The number of H-pyrrole nitrogens is 1. The minimum Gasteiger partial charge on any atom is -0.489 e. The zero-order chi connectivity index (χ0) is 30.1. The Morgan fingerprint density at radius 3 is 2.38 bits per heavy atom. The molecule has 0 fully saturated rings. The fraction of sp³-hybridized carbons (Fsp3) is 0.310. The Balaban J connectivity index is 1.36. The van der Waals surface area contributed by atoms with Crippen LogP contribution < -0.4 is 20.7 Å². The third-order valence-corrected chi connectivity index (χ3v) is 6.24. The minimum atomic E-state index is -0.445. The second-order valence-electron chi connectivity index (χ2n) is 9.61. The number of nitrogens with one attached hydrogen (secondary N) is 4. The maximum atomic E-state index is 12.8. The van der Waals surface area contributed by atoms with E-state index in [1.165, 1.54) is 12.1 Å². The second kappa shape index (κ2) is 13.9. The van der Waals surface area contributed by atoms with Gasteiger partial charge in [0.2, 0.25) is 5.91 Å². The maximum absolute atomic E-state index is 12.8. The van der Waals surface area contributed by atoms with Gasteiger partial charge in [0.05, 0.1) is 11.3 Å². The molecule has 13 heteroatoms. The van der Waals surface area contributed by atoms with E-state index in [0.717, 1.165) is 24.0 Å². The number of hydrogen-bond donors (Lipinski definition) is 4. The summed E-state index contributed by atoms with van der Waals surface area (Å²) in [5.74, 6) is 1.40. The molecule has 4 N–H and O–H groups in total. The van der Waals surface area contributed by atoms with Crippen molar-refractivity contribution in [2.24, 2.45) is 7.05 Å². The van der Waals surface area contributed by atoms with Crippen LogP contribution in [0.1, 0.15) is 48.3 Å². The number of hydrogen-bond acceptors (Lipinski definition) is 8. The predicted molar refractivity (Wildman–Crippen MR) is 158 cm³/mol. The first-order valence-electron chi connectivity index (χ1n) is 13.7. The number of rotatable bonds is 14. The molecule has 13 nitrogen and oxygen atoms in total. The third-order valence-electron chi connectivity index (χ3n) is 6.24. The molecule has 0 aliphatic rings. The molecule has 0 saturated heterocycles. The number of anilines is 2. The zero-order valence-electron chi connectivity index (χ0n) is 23.8. The van der Waals surface area contributed by atoms with Crippen LogP contribution in [0.25, 0.3) is 11.5 Å². The van der Waals surface area contributed by atoms with E-state index in [0.29, 0.717) is 47.7 Å². The van der Waals surface area contributed by atoms with Crippen molar-refractivity contribution in [3.63, 3.8) is 0 Å². The lowest BCUT2D eigenvalue weighted by atomic mass is 10.1. The molecule has 0 radical (unpaired) electrons. The average Bonchev–Trinajstić information content (AvgIpc) is 3.57. The molecule has 0 unspecified atom stereocenters. The summed E-state index contributed by atoms with van der Waals surface area (Å²) in [6, 6.07) is 15.0. The van der Waals surface area contributed by atoms with Gasteiger partial charge in [-0.3, -0.25) is 24.4 Å². The lowest BCUT2D eigenvalue weighted by molar-refractivity contribution is -0.384. The number of ether oxygens (including phenoxy) is 1. The summed E-state index contributed by atoms with van der Waals surface area (Å²) in [7, 11) is 1.74. The van der Waals surface area contributed by atoms with Crippen LogP contribution in [0.15, 0.2) is 54.6 Å². The van der Waals surface area contributed by atoms with Crippen molar-refractivity contribution in [3.05, 3.63) is 81.5 Å². The number of benzene rings is 2. The first-order chi connectivity index (χ1) is 20.3. The van der Waals surface area contributed by atoms with Gasteiger partial charge >= 0.3 is 0 Å². The van der Waals surface area contributed by atoms with Crippen molar-refractivity contribution in [1.82, 2.24) is 25.1 Å². The highest BCUT2D eigenvalue weighted by Crippen LogP contribution is 2.24. The molecule has 0 atom stereocenters. The van der Waals surface area contributed by atoms with Crippen molar-refractivity contribution in [2.45, 2.75) is 39.7 Å². The summed E-state index contributed by atoms with van der Waals surface area (Å²) in [6.07, 6.45) is 1.82. The Kier molecular flexibility index (Phi) is 9.87. The van der Waals surface area contributed by atoms with E-state index >= 15 is 0 Å². The molecular weight excluding hydrogens is 540 g/mol. The molecule has 0 aliphatic carbocycles. The molecular formula is C29H34N8O5. The summed E-state index contributed by atoms with van der Waals surface area (Å²) in [5, 5.41) is 24.0.